The Bertz CT molecular complexity index is 768. The third-order valence-corrected chi connectivity index (χ3v) is 4.30. The van der Waals surface area contributed by atoms with Crippen molar-refractivity contribution in [1.82, 2.24) is 4.90 Å². The molecular formula is C19H20FN3O2. The van der Waals surface area contributed by atoms with E-state index < -0.39 is 0 Å². The average Bonchev–Trinajstić information content (AvgIpc) is 2.63. The molecule has 5 nitrogen and oxygen atoms in total. The molecule has 6 heteroatoms. The van der Waals surface area contributed by atoms with Crippen LogP contribution in [-0.4, -0.2) is 42.9 Å². The summed E-state index contributed by atoms with van der Waals surface area (Å²) in [5, 5.41) is 2.83. The van der Waals surface area contributed by atoms with E-state index in [1.54, 1.807) is 41.3 Å². The highest BCUT2D eigenvalue weighted by Gasteiger charge is 2.22. The quantitative estimate of drug-likeness (QED) is 0.871. The lowest BCUT2D eigenvalue weighted by atomic mass is 10.1. The second-order valence-corrected chi connectivity index (χ2v) is 5.99. The molecule has 2 aromatic carbocycles. The Balaban J connectivity index is 1.56. The Morgan fingerprint density at radius 3 is 2.20 bits per heavy atom. The van der Waals surface area contributed by atoms with Crippen molar-refractivity contribution in [2.75, 3.05) is 36.4 Å². The Kier molecular flexibility index (Phi) is 4.97. The fraction of sp³-hybridized carbons (Fsp3) is 0.263. The van der Waals surface area contributed by atoms with Crippen molar-refractivity contribution in [1.29, 1.82) is 0 Å². The molecule has 1 aliphatic rings. The van der Waals surface area contributed by atoms with E-state index in [0.717, 1.165) is 0 Å². The van der Waals surface area contributed by atoms with Crippen molar-refractivity contribution in [3.05, 3.63) is 59.9 Å². The molecule has 0 unspecified atom stereocenters. The van der Waals surface area contributed by atoms with Gasteiger partial charge in [-0.25, -0.2) is 9.18 Å². The standard InChI is InChI=1S/C19H20FN3O2/c1-14(24)15-6-8-16(9-7-15)21-19(25)23-12-10-22(11-13-23)18-5-3-2-4-17(18)20/h2-9H,10-13H2,1H3,(H,21,25). The molecule has 2 amide bonds. The number of para-hydroxylation sites is 1. The van der Waals surface area contributed by atoms with Crippen LogP contribution in [-0.2, 0) is 0 Å². The van der Waals surface area contributed by atoms with Gasteiger partial charge in [-0.3, -0.25) is 4.79 Å². The first kappa shape index (κ1) is 17.0. The van der Waals surface area contributed by atoms with E-state index in [2.05, 4.69) is 5.32 Å². The second kappa shape index (κ2) is 7.34. The number of amides is 2. The molecule has 25 heavy (non-hydrogen) atoms. The summed E-state index contributed by atoms with van der Waals surface area (Å²) in [6, 6.07) is 13.3. The van der Waals surface area contributed by atoms with Crippen molar-refractivity contribution in [2.24, 2.45) is 0 Å². The predicted octanol–water partition coefficient (Wildman–Crippen LogP) is 3.38. The molecule has 0 radical (unpaired) electrons. The zero-order chi connectivity index (χ0) is 17.8. The number of anilines is 2. The first-order valence-electron chi connectivity index (χ1n) is 8.21. The van der Waals surface area contributed by atoms with E-state index in [0.29, 0.717) is 43.1 Å². The van der Waals surface area contributed by atoms with Crippen LogP contribution in [0.1, 0.15) is 17.3 Å². The summed E-state index contributed by atoms with van der Waals surface area (Å²) in [6.45, 7) is 3.70. The van der Waals surface area contributed by atoms with Gasteiger partial charge in [-0.2, -0.15) is 0 Å². The van der Waals surface area contributed by atoms with Crippen LogP contribution in [0.25, 0.3) is 0 Å². The number of carbonyl (C=O) groups excluding carboxylic acids is 2. The van der Waals surface area contributed by atoms with E-state index in [1.165, 1.54) is 13.0 Å². The first-order chi connectivity index (χ1) is 12.0. The summed E-state index contributed by atoms with van der Waals surface area (Å²) in [7, 11) is 0. The van der Waals surface area contributed by atoms with Crippen LogP contribution < -0.4 is 10.2 Å². The van der Waals surface area contributed by atoms with Crippen molar-refractivity contribution >= 4 is 23.2 Å². The molecule has 0 spiro atoms. The highest BCUT2D eigenvalue weighted by atomic mass is 19.1. The molecule has 1 saturated heterocycles. The minimum absolute atomic E-state index is 0.0119. The Morgan fingerprint density at radius 1 is 0.960 bits per heavy atom. The van der Waals surface area contributed by atoms with Gasteiger partial charge in [-0.05, 0) is 43.3 Å². The van der Waals surface area contributed by atoms with E-state index >= 15 is 0 Å². The van der Waals surface area contributed by atoms with Gasteiger partial charge in [0.15, 0.2) is 5.78 Å². The van der Waals surface area contributed by atoms with Crippen molar-refractivity contribution in [3.63, 3.8) is 0 Å². The number of carbonyl (C=O) groups is 2. The maximum atomic E-state index is 13.8. The number of Topliss-reactive ketones (excluding diaryl/α,β-unsaturated/α-hetero) is 1. The molecule has 0 aliphatic carbocycles. The number of ketones is 1. The molecule has 3 rings (SSSR count). The molecule has 1 aliphatic heterocycles. The molecule has 0 saturated carbocycles. The van der Waals surface area contributed by atoms with Crippen LogP contribution in [0.15, 0.2) is 48.5 Å². The summed E-state index contributed by atoms with van der Waals surface area (Å²) in [5.41, 5.74) is 1.82. The maximum absolute atomic E-state index is 13.8. The van der Waals surface area contributed by atoms with Gasteiger partial charge >= 0.3 is 6.03 Å². The Labute approximate surface area is 146 Å². The van der Waals surface area contributed by atoms with Crippen LogP contribution in [0, 0.1) is 5.82 Å². The van der Waals surface area contributed by atoms with Crippen molar-refractivity contribution in [2.45, 2.75) is 6.92 Å². The summed E-state index contributed by atoms with van der Waals surface area (Å²) in [6.07, 6.45) is 0. The monoisotopic (exact) mass is 341 g/mol. The largest absolute Gasteiger partial charge is 0.366 e. The van der Waals surface area contributed by atoms with Crippen LogP contribution in [0.3, 0.4) is 0 Å². The van der Waals surface area contributed by atoms with Gasteiger partial charge in [0.1, 0.15) is 5.82 Å². The summed E-state index contributed by atoms with van der Waals surface area (Å²) in [4.78, 5) is 27.3. The molecule has 2 aromatic rings. The lowest BCUT2D eigenvalue weighted by Crippen LogP contribution is -2.50. The summed E-state index contributed by atoms with van der Waals surface area (Å²) >= 11 is 0. The lowest BCUT2D eigenvalue weighted by Gasteiger charge is -2.36. The van der Waals surface area contributed by atoms with Gasteiger partial charge in [-0.1, -0.05) is 12.1 Å². The zero-order valence-electron chi connectivity index (χ0n) is 14.0. The molecule has 0 aromatic heterocycles. The topological polar surface area (TPSA) is 52.7 Å². The van der Waals surface area contributed by atoms with Gasteiger partial charge < -0.3 is 15.1 Å². The highest BCUT2D eigenvalue weighted by molar-refractivity contribution is 5.95. The third kappa shape index (κ3) is 3.96. The molecule has 1 fully saturated rings. The Hall–Kier alpha value is -2.89. The number of hydrogen-bond donors (Lipinski definition) is 1. The molecule has 130 valence electrons. The number of nitrogens with zero attached hydrogens (tertiary/aromatic N) is 2. The van der Waals surface area contributed by atoms with Gasteiger partial charge in [-0.15, -0.1) is 0 Å². The minimum Gasteiger partial charge on any atom is -0.366 e. The number of piperazine rings is 1. The second-order valence-electron chi connectivity index (χ2n) is 5.99. The van der Waals surface area contributed by atoms with Crippen LogP contribution in [0.4, 0.5) is 20.6 Å². The number of halogens is 1. The molecule has 0 bridgehead atoms. The van der Waals surface area contributed by atoms with E-state index in [9.17, 15) is 14.0 Å². The van der Waals surface area contributed by atoms with Crippen LogP contribution >= 0.6 is 0 Å². The minimum atomic E-state index is -0.244. The number of nitrogens with one attached hydrogen (secondary N) is 1. The maximum Gasteiger partial charge on any atom is 0.321 e. The average molecular weight is 341 g/mol. The molecule has 0 atom stereocenters. The van der Waals surface area contributed by atoms with E-state index in [1.807, 2.05) is 11.0 Å². The van der Waals surface area contributed by atoms with E-state index in [4.69, 9.17) is 0 Å². The number of hydrogen-bond acceptors (Lipinski definition) is 3. The number of rotatable bonds is 3. The fourth-order valence-electron chi connectivity index (χ4n) is 2.85. The summed E-state index contributed by atoms with van der Waals surface area (Å²) in [5.74, 6) is -0.256. The van der Waals surface area contributed by atoms with Crippen LogP contribution in [0.2, 0.25) is 0 Å². The molecule has 1 N–H and O–H groups in total. The number of urea groups is 1. The third-order valence-electron chi connectivity index (χ3n) is 4.30. The molecular weight excluding hydrogens is 321 g/mol. The van der Waals surface area contributed by atoms with Gasteiger partial charge in [0, 0.05) is 37.4 Å². The van der Waals surface area contributed by atoms with Crippen molar-refractivity contribution in [3.8, 4) is 0 Å². The Morgan fingerprint density at radius 2 is 1.60 bits per heavy atom. The molecule has 1 heterocycles. The lowest BCUT2D eigenvalue weighted by molar-refractivity contribution is 0.101. The smallest absolute Gasteiger partial charge is 0.321 e. The fourth-order valence-corrected chi connectivity index (χ4v) is 2.85. The van der Waals surface area contributed by atoms with Gasteiger partial charge in [0.25, 0.3) is 0 Å². The van der Waals surface area contributed by atoms with Gasteiger partial charge in [0.05, 0.1) is 5.69 Å². The zero-order valence-corrected chi connectivity index (χ0v) is 14.0. The van der Waals surface area contributed by atoms with Crippen LogP contribution in [0.5, 0.6) is 0 Å². The first-order valence-corrected chi connectivity index (χ1v) is 8.21. The summed E-state index contributed by atoms with van der Waals surface area (Å²) < 4.78 is 13.8. The highest BCUT2D eigenvalue weighted by Crippen LogP contribution is 2.20. The van der Waals surface area contributed by atoms with Crippen molar-refractivity contribution < 1.29 is 14.0 Å². The normalized spacial score (nSPS) is 14.3. The predicted molar refractivity (Wildman–Crippen MR) is 95.7 cm³/mol. The van der Waals surface area contributed by atoms with E-state index in [-0.39, 0.29) is 17.6 Å². The number of benzene rings is 2. The van der Waals surface area contributed by atoms with Gasteiger partial charge in [0.2, 0.25) is 0 Å². The SMILES string of the molecule is CC(=O)c1ccc(NC(=O)N2CCN(c3ccccc3F)CC2)cc1.